The monoisotopic (exact) mass is 565 g/mol. The lowest BCUT2D eigenvalue weighted by Gasteiger charge is -2.25. The van der Waals surface area contributed by atoms with Crippen molar-refractivity contribution in [2.45, 2.75) is 57.5 Å². The molecule has 6 N–H and O–H groups in total. The Labute approximate surface area is 216 Å². The maximum absolute atomic E-state index is 12.4. The van der Waals surface area contributed by atoms with Gasteiger partial charge in [-0.1, -0.05) is 50.6 Å². The van der Waals surface area contributed by atoms with Gasteiger partial charge in [0.05, 0.1) is 6.04 Å². The van der Waals surface area contributed by atoms with Crippen LogP contribution in [0.1, 0.15) is 32.3 Å². The molecule has 1 rings (SSSR count). The topological polar surface area (TPSA) is 142 Å². The normalized spacial score (nSPS) is 13.6. The van der Waals surface area contributed by atoms with Crippen molar-refractivity contribution in [3.05, 3.63) is 35.9 Å². The molecule has 1 amide bonds. The van der Waals surface area contributed by atoms with Crippen molar-refractivity contribution in [3.63, 3.8) is 0 Å². The van der Waals surface area contributed by atoms with E-state index in [1.165, 1.54) is 5.56 Å². The Hall–Kier alpha value is -2.52. The van der Waals surface area contributed by atoms with Crippen LogP contribution in [-0.2, 0) is 20.8 Å². The van der Waals surface area contributed by atoms with Crippen LogP contribution in [0.4, 0.5) is 26.3 Å². The third-order valence-electron chi connectivity index (χ3n) is 4.60. The molecule has 0 aliphatic rings. The van der Waals surface area contributed by atoms with Crippen LogP contribution < -0.4 is 16.4 Å². The number of nitrogens with one attached hydrogen (secondary N) is 2. The van der Waals surface area contributed by atoms with Crippen molar-refractivity contribution in [2.24, 2.45) is 11.7 Å². The highest BCUT2D eigenvalue weighted by Crippen LogP contribution is 2.13. The van der Waals surface area contributed by atoms with Gasteiger partial charge in [0.1, 0.15) is 0 Å². The number of halogens is 6. The molecule has 1 aromatic carbocycles. The van der Waals surface area contributed by atoms with Gasteiger partial charge in [0, 0.05) is 24.9 Å². The number of amides is 1. The van der Waals surface area contributed by atoms with Crippen molar-refractivity contribution in [1.82, 2.24) is 10.6 Å². The van der Waals surface area contributed by atoms with Crippen molar-refractivity contribution in [1.29, 1.82) is 0 Å². The van der Waals surface area contributed by atoms with Gasteiger partial charge >= 0.3 is 24.3 Å². The van der Waals surface area contributed by atoms with Gasteiger partial charge < -0.3 is 26.6 Å². The number of carboxylic acids is 2. The molecular weight excluding hydrogens is 532 g/mol. The lowest BCUT2D eigenvalue weighted by molar-refractivity contribution is -0.193. The molecule has 0 radical (unpaired) electrons. The maximum Gasteiger partial charge on any atom is 0.490 e. The van der Waals surface area contributed by atoms with E-state index in [-0.39, 0.29) is 23.9 Å². The molecule has 0 aliphatic heterocycles. The van der Waals surface area contributed by atoms with Crippen LogP contribution in [-0.4, -0.2) is 71.3 Å². The minimum atomic E-state index is -5.08. The number of carbonyl (C=O) groups excluding carboxylic acids is 1. The summed E-state index contributed by atoms with van der Waals surface area (Å²) in [5.74, 6) is -4.56. The summed E-state index contributed by atoms with van der Waals surface area (Å²) in [4.78, 5) is 30.2. The Kier molecular flexibility index (Phi) is 18.5. The predicted octanol–water partition coefficient (Wildman–Crippen LogP) is 3.26. The highest BCUT2D eigenvalue weighted by Gasteiger charge is 2.38. The lowest BCUT2D eigenvalue weighted by atomic mass is 9.98. The first kappa shape index (κ1) is 36.6. The van der Waals surface area contributed by atoms with E-state index in [4.69, 9.17) is 25.5 Å². The second-order valence-electron chi connectivity index (χ2n) is 7.70. The highest BCUT2D eigenvalue weighted by atomic mass is 32.1. The molecule has 0 aliphatic carbocycles. The largest absolute Gasteiger partial charge is 0.490 e. The number of nitrogens with two attached hydrogens (primary N) is 1. The van der Waals surface area contributed by atoms with Gasteiger partial charge in [-0.15, -0.1) is 0 Å². The highest BCUT2D eigenvalue weighted by molar-refractivity contribution is 7.80. The number of alkyl halides is 6. The summed E-state index contributed by atoms with van der Waals surface area (Å²) in [5, 5.41) is 20.6. The molecule has 0 bridgehead atoms. The first-order valence-electron chi connectivity index (χ1n) is 11.0. The molecule has 0 saturated heterocycles. The number of aliphatic carboxylic acids is 2. The van der Waals surface area contributed by atoms with E-state index in [9.17, 15) is 31.1 Å². The number of hydrogen-bond acceptors (Lipinski definition) is 6. The fraction of sp³-hybridized carbons (Fsp3) is 0.591. The number of thiol groups is 1. The van der Waals surface area contributed by atoms with Gasteiger partial charge in [-0.3, -0.25) is 4.79 Å². The first-order chi connectivity index (χ1) is 17.0. The summed E-state index contributed by atoms with van der Waals surface area (Å²) in [7, 11) is 0. The van der Waals surface area contributed by atoms with Crippen LogP contribution in [0.3, 0.4) is 0 Å². The molecular formula is C22H33F6N3O5S. The van der Waals surface area contributed by atoms with Gasteiger partial charge in [-0.2, -0.15) is 39.0 Å². The Morgan fingerprint density at radius 3 is 1.84 bits per heavy atom. The summed E-state index contributed by atoms with van der Waals surface area (Å²) in [6.07, 6.45) is -7.29. The van der Waals surface area contributed by atoms with Crippen LogP contribution >= 0.6 is 12.6 Å². The second-order valence-corrected chi connectivity index (χ2v) is 8.07. The second kappa shape index (κ2) is 18.7. The third-order valence-corrected chi connectivity index (χ3v) is 5.07. The molecule has 1 aromatic rings. The van der Waals surface area contributed by atoms with Crippen LogP contribution in [0.15, 0.2) is 30.3 Å². The minimum absolute atomic E-state index is 0.0317. The van der Waals surface area contributed by atoms with Crippen LogP contribution in [0.5, 0.6) is 0 Å². The van der Waals surface area contributed by atoms with Gasteiger partial charge in [0.2, 0.25) is 5.91 Å². The SMILES string of the molecule is CC[C@H](C)[C@H](NC[C@@H](N)CS)C(=O)NCCCc1ccccc1.O=C(O)C(F)(F)F.O=C(O)C(F)(F)F. The fourth-order valence-corrected chi connectivity index (χ4v) is 2.52. The molecule has 37 heavy (non-hydrogen) atoms. The summed E-state index contributed by atoms with van der Waals surface area (Å²) < 4.78 is 63.5. The molecule has 214 valence electrons. The average molecular weight is 566 g/mol. The smallest absolute Gasteiger partial charge is 0.475 e. The van der Waals surface area contributed by atoms with E-state index >= 15 is 0 Å². The zero-order valence-corrected chi connectivity index (χ0v) is 21.2. The van der Waals surface area contributed by atoms with E-state index in [0.29, 0.717) is 18.8 Å². The minimum Gasteiger partial charge on any atom is -0.475 e. The van der Waals surface area contributed by atoms with Crippen molar-refractivity contribution in [2.75, 3.05) is 18.8 Å². The van der Waals surface area contributed by atoms with Crippen LogP contribution in [0, 0.1) is 5.92 Å². The van der Waals surface area contributed by atoms with Crippen molar-refractivity contribution in [3.8, 4) is 0 Å². The van der Waals surface area contributed by atoms with Gasteiger partial charge in [0.15, 0.2) is 0 Å². The standard InChI is InChI=1S/C18H31N3OS.2C2HF3O2/c1-3-14(2)17(21-12-16(19)13-23)18(22)20-11-7-10-15-8-5-4-6-9-15;2*3-2(4,5)1(6)7/h4-6,8-9,14,16-17,21,23H,3,7,10-13,19H2,1-2H3,(H,20,22);2*(H,6,7)/t14-,16+,17-;;/m0../s1. The van der Waals surface area contributed by atoms with Crippen molar-refractivity contribution >= 4 is 30.5 Å². The molecule has 15 heteroatoms. The fourth-order valence-electron chi connectivity index (χ4n) is 2.39. The molecule has 8 nitrogen and oxygen atoms in total. The Bertz CT molecular complexity index is 773. The van der Waals surface area contributed by atoms with E-state index in [2.05, 4.69) is 49.2 Å². The van der Waals surface area contributed by atoms with E-state index in [1.807, 2.05) is 18.2 Å². The van der Waals surface area contributed by atoms with E-state index in [1.54, 1.807) is 0 Å². The molecule has 0 fully saturated rings. The van der Waals surface area contributed by atoms with Crippen molar-refractivity contribution < 1.29 is 50.9 Å². The molecule has 0 spiro atoms. The molecule has 0 saturated carbocycles. The number of carbonyl (C=O) groups is 3. The zero-order chi connectivity index (χ0) is 29.2. The molecule has 0 unspecified atom stereocenters. The summed E-state index contributed by atoms with van der Waals surface area (Å²) in [5.41, 5.74) is 7.18. The number of carboxylic acid groups (broad SMARTS) is 2. The van der Waals surface area contributed by atoms with Crippen LogP contribution in [0.25, 0.3) is 0 Å². The Morgan fingerprint density at radius 1 is 1.00 bits per heavy atom. The predicted molar refractivity (Wildman–Crippen MR) is 128 cm³/mol. The van der Waals surface area contributed by atoms with Gasteiger partial charge in [-0.05, 0) is 24.3 Å². The van der Waals surface area contributed by atoms with E-state index in [0.717, 1.165) is 19.3 Å². The zero-order valence-electron chi connectivity index (χ0n) is 20.3. The number of hydrogen-bond donors (Lipinski definition) is 6. The summed E-state index contributed by atoms with van der Waals surface area (Å²) in [6, 6.07) is 10.1. The summed E-state index contributed by atoms with van der Waals surface area (Å²) >= 11 is 4.18. The van der Waals surface area contributed by atoms with Crippen LogP contribution in [0.2, 0.25) is 0 Å². The molecule has 3 atom stereocenters. The summed E-state index contributed by atoms with van der Waals surface area (Å²) in [6.45, 7) is 5.49. The maximum atomic E-state index is 12.4. The third kappa shape index (κ3) is 19.3. The number of aryl methyl sites for hydroxylation is 1. The Balaban J connectivity index is 0. The molecule has 0 heterocycles. The van der Waals surface area contributed by atoms with Gasteiger partial charge in [-0.25, -0.2) is 9.59 Å². The lowest BCUT2D eigenvalue weighted by Crippen LogP contribution is -2.51. The Morgan fingerprint density at radius 2 is 1.46 bits per heavy atom. The number of benzene rings is 1. The first-order valence-corrected chi connectivity index (χ1v) is 11.6. The molecule has 0 aromatic heterocycles. The average Bonchev–Trinajstić information content (AvgIpc) is 2.81. The quantitative estimate of drug-likeness (QED) is 0.137. The number of rotatable bonds is 11. The van der Waals surface area contributed by atoms with Gasteiger partial charge in [0.25, 0.3) is 0 Å². The van der Waals surface area contributed by atoms with E-state index < -0.39 is 24.3 Å².